The van der Waals surface area contributed by atoms with E-state index in [0.29, 0.717) is 29.9 Å². The lowest BCUT2D eigenvalue weighted by Crippen LogP contribution is -2.70. The summed E-state index contributed by atoms with van der Waals surface area (Å²) in [4.78, 5) is 9.71. The number of hydrogen-bond donors (Lipinski definition) is 0. The van der Waals surface area contributed by atoms with Crippen LogP contribution in [0.4, 0.5) is 0 Å². The zero-order valence-electron chi connectivity index (χ0n) is 24.4. The lowest BCUT2D eigenvalue weighted by Gasteiger charge is -2.67. The zero-order chi connectivity index (χ0) is 26.2. The number of pyridine rings is 1. The Balaban J connectivity index is 1.41. The summed E-state index contributed by atoms with van der Waals surface area (Å²) < 4.78 is 14.4. The monoisotopic (exact) mass is 510 g/mol. The molecule has 36 heavy (non-hydrogen) atoms. The number of nitrogens with zero attached hydrogens (tertiary/aromatic N) is 2. The second kappa shape index (κ2) is 8.48. The Hall–Kier alpha value is -1.04. The molecule has 5 heteroatoms. The highest BCUT2D eigenvalue weighted by Crippen LogP contribution is 2.70. The van der Waals surface area contributed by atoms with Gasteiger partial charge >= 0.3 is 8.56 Å². The van der Waals surface area contributed by atoms with Gasteiger partial charge in [0.05, 0.1) is 18.3 Å². The van der Waals surface area contributed by atoms with E-state index in [9.17, 15) is 0 Å². The standard InChI is InChI=1S/C31H50N2O2Si/c1-27(2,3)36(28(4,5)6)34-21-31(9)24-15-17-30(8)23(29(24,7)18-16-26(31)35-36)13-14-25(30)33-20-22-12-10-11-19-32-22/h10-12,19,23-24,26H,13-18,20-21H2,1-9H3/t23-,24-,26+,29-,30-,31-/m1/s1. The second-order valence-electron chi connectivity index (χ2n) is 15.2. The van der Waals surface area contributed by atoms with E-state index in [1.807, 2.05) is 12.3 Å². The van der Waals surface area contributed by atoms with Crippen LogP contribution in [0.1, 0.15) is 107 Å². The van der Waals surface area contributed by atoms with Gasteiger partial charge in [-0.1, -0.05) is 68.4 Å². The van der Waals surface area contributed by atoms with Crippen LogP contribution in [0.15, 0.2) is 29.4 Å². The van der Waals surface area contributed by atoms with Crippen molar-refractivity contribution >= 4 is 14.3 Å². The van der Waals surface area contributed by atoms with Crippen LogP contribution < -0.4 is 0 Å². The van der Waals surface area contributed by atoms with Crippen LogP contribution in [0.3, 0.4) is 0 Å². The van der Waals surface area contributed by atoms with Crippen molar-refractivity contribution in [3.8, 4) is 0 Å². The van der Waals surface area contributed by atoms with Crippen LogP contribution in [0, 0.1) is 28.1 Å². The van der Waals surface area contributed by atoms with Crippen molar-refractivity contribution in [1.82, 2.24) is 4.98 Å². The Morgan fingerprint density at radius 1 is 0.944 bits per heavy atom. The summed E-state index contributed by atoms with van der Waals surface area (Å²) in [5, 5.41) is 0.0891. The quantitative estimate of drug-likeness (QED) is 0.377. The molecular weight excluding hydrogens is 460 g/mol. The molecule has 2 heterocycles. The molecule has 0 aromatic carbocycles. The van der Waals surface area contributed by atoms with E-state index < -0.39 is 8.56 Å². The fraction of sp³-hybridized carbons (Fsp3) is 0.806. The topological polar surface area (TPSA) is 43.7 Å². The van der Waals surface area contributed by atoms with E-state index in [2.05, 4.69) is 79.4 Å². The lowest BCUT2D eigenvalue weighted by molar-refractivity contribution is -0.199. The van der Waals surface area contributed by atoms with E-state index in [1.165, 1.54) is 37.8 Å². The Labute approximate surface area is 221 Å². The van der Waals surface area contributed by atoms with E-state index >= 15 is 0 Å². The van der Waals surface area contributed by atoms with Crippen molar-refractivity contribution in [3.05, 3.63) is 30.1 Å². The van der Waals surface area contributed by atoms with Gasteiger partial charge in [0.2, 0.25) is 0 Å². The summed E-state index contributed by atoms with van der Waals surface area (Å²) in [6, 6.07) is 6.15. The van der Waals surface area contributed by atoms with Gasteiger partial charge in [-0.3, -0.25) is 9.98 Å². The third kappa shape index (κ3) is 3.73. The molecule has 1 aliphatic heterocycles. The molecule has 0 spiro atoms. The first kappa shape index (κ1) is 26.6. The van der Waals surface area contributed by atoms with Crippen molar-refractivity contribution in [2.45, 2.75) is 124 Å². The number of hydrogen-bond acceptors (Lipinski definition) is 4. The van der Waals surface area contributed by atoms with Crippen LogP contribution in [0.2, 0.25) is 10.1 Å². The average Bonchev–Trinajstić information content (AvgIpc) is 3.13. The molecule has 0 radical (unpaired) electrons. The molecule has 1 aromatic heterocycles. The van der Waals surface area contributed by atoms with Gasteiger partial charge < -0.3 is 8.85 Å². The molecule has 5 rings (SSSR count). The summed E-state index contributed by atoms with van der Waals surface area (Å²) in [5.74, 6) is 1.34. The number of fused-ring (bicyclic) bond motifs is 5. The molecule has 0 unspecified atom stereocenters. The molecule has 1 aromatic rings. The van der Waals surface area contributed by atoms with Crippen LogP contribution in [-0.2, 0) is 15.4 Å². The van der Waals surface area contributed by atoms with Crippen LogP contribution >= 0.6 is 0 Å². The maximum absolute atomic E-state index is 7.34. The molecule has 0 bridgehead atoms. The van der Waals surface area contributed by atoms with Gasteiger partial charge in [-0.2, -0.15) is 0 Å². The predicted octanol–water partition coefficient (Wildman–Crippen LogP) is 8.11. The zero-order valence-corrected chi connectivity index (χ0v) is 25.4. The van der Waals surface area contributed by atoms with Crippen LogP contribution in [-0.4, -0.2) is 32.0 Å². The van der Waals surface area contributed by atoms with Crippen molar-refractivity contribution in [2.24, 2.45) is 33.1 Å². The Morgan fingerprint density at radius 3 is 2.31 bits per heavy atom. The second-order valence-corrected chi connectivity index (χ2v) is 20.0. The van der Waals surface area contributed by atoms with Crippen LogP contribution in [0.5, 0.6) is 0 Å². The van der Waals surface area contributed by atoms with E-state index in [-0.39, 0.29) is 20.9 Å². The van der Waals surface area contributed by atoms with Gasteiger partial charge in [-0.05, 0) is 67.9 Å². The molecule has 200 valence electrons. The van der Waals surface area contributed by atoms with Gasteiger partial charge in [0.25, 0.3) is 0 Å². The summed E-state index contributed by atoms with van der Waals surface area (Å²) in [5.41, 5.74) is 3.16. The fourth-order valence-corrected chi connectivity index (χ4v) is 14.8. The maximum Gasteiger partial charge on any atom is 0.349 e. The van der Waals surface area contributed by atoms with Crippen molar-refractivity contribution < 1.29 is 8.85 Å². The van der Waals surface area contributed by atoms with E-state index in [0.717, 1.165) is 18.7 Å². The minimum absolute atomic E-state index is 0.0445. The SMILES string of the molecule is CC(C)(C)[Si]1(C(C)(C)C)OC[C@]2(C)[C@@H]3CC[C@@]4(C)C(=NCc5ccccn5)CC[C@@H]4[C@@]3(C)CC[C@@H]2O1. The highest BCUT2D eigenvalue weighted by atomic mass is 28.4. The van der Waals surface area contributed by atoms with E-state index in [1.54, 1.807) is 0 Å². The average molecular weight is 511 g/mol. The highest BCUT2D eigenvalue weighted by Gasteiger charge is 2.69. The molecule has 6 atom stereocenters. The van der Waals surface area contributed by atoms with Gasteiger partial charge in [0, 0.05) is 39.4 Å². The van der Waals surface area contributed by atoms with Gasteiger partial charge in [0.1, 0.15) is 0 Å². The van der Waals surface area contributed by atoms with Crippen LogP contribution in [0.25, 0.3) is 0 Å². The molecule has 0 N–H and O–H groups in total. The molecule has 4 aliphatic rings. The molecule has 4 fully saturated rings. The molecule has 3 aliphatic carbocycles. The largest absolute Gasteiger partial charge is 0.393 e. The van der Waals surface area contributed by atoms with Gasteiger partial charge in [-0.25, -0.2) is 0 Å². The summed E-state index contributed by atoms with van der Waals surface area (Å²) in [6.45, 7) is 23.3. The third-order valence-corrected chi connectivity index (χ3v) is 16.3. The lowest BCUT2D eigenvalue weighted by atomic mass is 9.43. The van der Waals surface area contributed by atoms with Crippen molar-refractivity contribution in [1.29, 1.82) is 0 Å². The third-order valence-electron chi connectivity index (χ3n) is 11.1. The van der Waals surface area contributed by atoms with Crippen molar-refractivity contribution in [3.63, 3.8) is 0 Å². The number of rotatable bonds is 2. The Morgan fingerprint density at radius 2 is 1.67 bits per heavy atom. The number of aliphatic imine (C=N–C) groups is 1. The summed E-state index contributed by atoms with van der Waals surface area (Å²) in [6.07, 6.45) is 9.55. The minimum atomic E-state index is -2.44. The van der Waals surface area contributed by atoms with Gasteiger partial charge in [-0.15, -0.1) is 0 Å². The minimum Gasteiger partial charge on any atom is -0.393 e. The first-order chi connectivity index (χ1) is 16.7. The van der Waals surface area contributed by atoms with E-state index in [4.69, 9.17) is 13.8 Å². The Kier molecular flexibility index (Phi) is 6.25. The Bertz CT molecular complexity index is 998. The number of aromatic nitrogens is 1. The molecular formula is C31H50N2O2Si. The molecule has 0 amide bonds. The maximum atomic E-state index is 7.34. The highest BCUT2D eigenvalue weighted by molar-refractivity contribution is 6.73. The first-order valence-corrected chi connectivity index (χ1v) is 16.2. The van der Waals surface area contributed by atoms with Gasteiger partial charge in [0.15, 0.2) is 0 Å². The fourth-order valence-electron chi connectivity index (χ4n) is 9.62. The van der Waals surface area contributed by atoms with Crippen molar-refractivity contribution in [2.75, 3.05) is 6.61 Å². The summed E-state index contributed by atoms with van der Waals surface area (Å²) >= 11 is 0. The summed E-state index contributed by atoms with van der Waals surface area (Å²) in [7, 11) is -2.44. The molecule has 3 saturated carbocycles. The predicted molar refractivity (Wildman–Crippen MR) is 150 cm³/mol. The smallest absolute Gasteiger partial charge is 0.349 e. The first-order valence-electron chi connectivity index (χ1n) is 14.4. The molecule has 1 saturated heterocycles. The molecule has 4 nitrogen and oxygen atoms in total. The normalized spacial score (nSPS) is 41.5.